The number of hydrogen-bond acceptors (Lipinski definition) is 3. The van der Waals surface area contributed by atoms with Gasteiger partial charge in [0.15, 0.2) is 5.15 Å². The van der Waals surface area contributed by atoms with Crippen LogP contribution >= 0.6 is 11.6 Å². The van der Waals surface area contributed by atoms with E-state index in [1.807, 2.05) is 0 Å². The van der Waals surface area contributed by atoms with E-state index in [1.54, 1.807) is 20.9 Å². The van der Waals surface area contributed by atoms with Gasteiger partial charge in [0.05, 0.1) is 6.10 Å². The van der Waals surface area contributed by atoms with Gasteiger partial charge in [-0.3, -0.25) is 4.68 Å². The summed E-state index contributed by atoms with van der Waals surface area (Å²) < 4.78 is 6.37. The largest absolute Gasteiger partial charge is 0.458 e. The lowest BCUT2D eigenvalue weighted by Crippen LogP contribution is -2.15. The van der Waals surface area contributed by atoms with Crippen molar-refractivity contribution in [1.29, 1.82) is 0 Å². The van der Waals surface area contributed by atoms with Gasteiger partial charge in [0.1, 0.15) is 5.69 Å². The summed E-state index contributed by atoms with van der Waals surface area (Å²) in [5, 5.41) is 4.11. The molecule has 4 nitrogen and oxygen atoms in total. The maximum absolute atomic E-state index is 11.3. The summed E-state index contributed by atoms with van der Waals surface area (Å²) in [5.74, 6) is -0.406. The number of aromatic nitrogens is 2. The van der Waals surface area contributed by atoms with Gasteiger partial charge in [-0.2, -0.15) is 5.10 Å². The van der Waals surface area contributed by atoms with Gasteiger partial charge in [0.2, 0.25) is 0 Å². The van der Waals surface area contributed by atoms with Crippen LogP contribution in [0.1, 0.15) is 24.3 Å². The summed E-state index contributed by atoms with van der Waals surface area (Å²) in [6.07, 6.45) is -0.138. The molecule has 0 saturated heterocycles. The monoisotopic (exact) mass is 202 g/mol. The molecule has 0 amide bonds. The van der Waals surface area contributed by atoms with E-state index in [9.17, 15) is 4.79 Å². The Kier molecular flexibility index (Phi) is 2.93. The van der Waals surface area contributed by atoms with Crippen molar-refractivity contribution in [3.8, 4) is 0 Å². The maximum Gasteiger partial charge on any atom is 0.356 e. The van der Waals surface area contributed by atoms with Crippen LogP contribution in [0.15, 0.2) is 6.07 Å². The molecule has 0 N–H and O–H groups in total. The van der Waals surface area contributed by atoms with Crippen LogP contribution in [-0.2, 0) is 11.8 Å². The van der Waals surface area contributed by atoms with Crippen molar-refractivity contribution in [3.63, 3.8) is 0 Å². The van der Waals surface area contributed by atoms with Crippen molar-refractivity contribution in [3.05, 3.63) is 16.9 Å². The normalized spacial score (nSPS) is 10.5. The van der Waals surface area contributed by atoms with Crippen LogP contribution in [0.25, 0.3) is 0 Å². The van der Waals surface area contributed by atoms with Crippen molar-refractivity contribution in [2.75, 3.05) is 0 Å². The molecule has 0 fully saturated rings. The summed E-state index contributed by atoms with van der Waals surface area (Å²) in [6, 6.07) is 1.48. The van der Waals surface area contributed by atoms with Crippen molar-refractivity contribution >= 4 is 17.6 Å². The van der Waals surface area contributed by atoms with Crippen molar-refractivity contribution in [2.24, 2.45) is 7.05 Å². The molecule has 0 spiro atoms. The van der Waals surface area contributed by atoms with Gasteiger partial charge >= 0.3 is 5.97 Å². The minimum atomic E-state index is -0.406. The Bertz CT molecular complexity index is 320. The lowest BCUT2D eigenvalue weighted by Gasteiger charge is -2.06. The summed E-state index contributed by atoms with van der Waals surface area (Å²) in [4.78, 5) is 11.3. The first-order chi connectivity index (χ1) is 6.00. The predicted octanol–water partition coefficient (Wildman–Crippen LogP) is 1.64. The molecular formula is C8H11ClN2O2. The third-order valence-corrected chi connectivity index (χ3v) is 1.59. The Hall–Kier alpha value is -1.03. The second-order valence-corrected chi connectivity index (χ2v) is 3.32. The Morgan fingerprint density at radius 3 is 2.69 bits per heavy atom. The molecule has 0 aliphatic rings. The molecule has 0 radical (unpaired) electrons. The first-order valence-electron chi connectivity index (χ1n) is 3.91. The molecule has 13 heavy (non-hydrogen) atoms. The van der Waals surface area contributed by atoms with E-state index in [-0.39, 0.29) is 6.10 Å². The molecule has 0 saturated carbocycles. The zero-order valence-corrected chi connectivity index (χ0v) is 8.50. The van der Waals surface area contributed by atoms with Crippen LogP contribution in [0.3, 0.4) is 0 Å². The summed E-state index contributed by atoms with van der Waals surface area (Å²) >= 11 is 5.61. The highest BCUT2D eigenvalue weighted by Gasteiger charge is 2.14. The third kappa shape index (κ3) is 2.45. The van der Waals surface area contributed by atoms with E-state index in [4.69, 9.17) is 16.3 Å². The molecule has 0 aromatic carbocycles. The van der Waals surface area contributed by atoms with E-state index in [1.165, 1.54) is 10.7 Å². The fraction of sp³-hybridized carbons (Fsp3) is 0.500. The van der Waals surface area contributed by atoms with E-state index in [0.29, 0.717) is 10.8 Å². The highest BCUT2D eigenvalue weighted by Crippen LogP contribution is 2.10. The number of hydrogen-bond donors (Lipinski definition) is 0. The first-order valence-corrected chi connectivity index (χ1v) is 4.29. The summed E-state index contributed by atoms with van der Waals surface area (Å²) in [7, 11) is 1.64. The molecule has 1 heterocycles. The second kappa shape index (κ2) is 3.79. The molecule has 1 aromatic heterocycles. The number of ether oxygens (including phenoxy) is 1. The van der Waals surface area contributed by atoms with Crippen LogP contribution < -0.4 is 0 Å². The third-order valence-electron chi connectivity index (χ3n) is 1.40. The van der Waals surface area contributed by atoms with Gasteiger partial charge in [0.25, 0.3) is 0 Å². The number of carbonyl (C=O) groups excluding carboxylic acids is 1. The van der Waals surface area contributed by atoms with Crippen LogP contribution in [0.2, 0.25) is 5.15 Å². The number of rotatable bonds is 2. The Morgan fingerprint density at radius 2 is 2.31 bits per heavy atom. The Balaban J connectivity index is 2.82. The van der Waals surface area contributed by atoms with Gasteiger partial charge < -0.3 is 4.74 Å². The van der Waals surface area contributed by atoms with Crippen LogP contribution in [-0.4, -0.2) is 21.9 Å². The summed E-state index contributed by atoms with van der Waals surface area (Å²) in [5.41, 5.74) is 0.360. The standard InChI is InChI=1S/C8H11ClN2O2/c1-5(2)13-8(12)6-4-7(9)10-11(6)3/h4-5H,1-3H3. The highest BCUT2D eigenvalue weighted by molar-refractivity contribution is 6.29. The number of aryl methyl sites for hydroxylation is 1. The van der Waals surface area contributed by atoms with Gasteiger partial charge in [0, 0.05) is 13.1 Å². The van der Waals surface area contributed by atoms with Crippen LogP contribution in [0.4, 0.5) is 0 Å². The van der Waals surface area contributed by atoms with Gasteiger partial charge in [-0.1, -0.05) is 11.6 Å². The maximum atomic E-state index is 11.3. The van der Waals surface area contributed by atoms with Crippen molar-refractivity contribution < 1.29 is 9.53 Å². The zero-order valence-electron chi connectivity index (χ0n) is 7.74. The number of esters is 1. The number of carbonyl (C=O) groups is 1. The van der Waals surface area contributed by atoms with Crippen LogP contribution in [0.5, 0.6) is 0 Å². The van der Waals surface area contributed by atoms with Crippen molar-refractivity contribution in [1.82, 2.24) is 9.78 Å². The molecule has 1 rings (SSSR count). The molecule has 0 unspecified atom stereocenters. The average molecular weight is 203 g/mol. The SMILES string of the molecule is CC(C)OC(=O)c1cc(Cl)nn1C. The lowest BCUT2D eigenvalue weighted by atomic mass is 10.4. The van der Waals surface area contributed by atoms with E-state index in [0.717, 1.165) is 0 Å². The van der Waals surface area contributed by atoms with E-state index >= 15 is 0 Å². The molecule has 0 bridgehead atoms. The molecule has 72 valence electrons. The van der Waals surface area contributed by atoms with Gasteiger partial charge in [-0.15, -0.1) is 0 Å². The molecule has 0 atom stereocenters. The van der Waals surface area contributed by atoms with Gasteiger partial charge in [-0.25, -0.2) is 4.79 Å². The number of halogens is 1. The smallest absolute Gasteiger partial charge is 0.356 e. The van der Waals surface area contributed by atoms with E-state index < -0.39 is 5.97 Å². The predicted molar refractivity (Wildman–Crippen MR) is 48.8 cm³/mol. The fourth-order valence-electron chi connectivity index (χ4n) is 0.898. The molecular weight excluding hydrogens is 192 g/mol. The fourth-order valence-corrected chi connectivity index (χ4v) is 1.11. The van der Waals surface area contributed by atoms with Crippen molar-refractivity contribution in [2.45, 2.75) is 20.0 Å². The highest BCUT2D eigenvalue weighted by atomic mass is 35.5. The quantitative estimate of drug-likeness (QED) is 0.685. The number of nitrogens with zero attached hydrogens (tertiary/aromatic N) is 2. The average Bonchev–Trinajstić information content (AvgIpc) is 2.28. The summed E-state index contributed by atoms with van der Waals surface area (Å²) in [6.45, 7) is 3.58. The van der Waals surface area contributed by atoms with Crippen LogP contribution in [0, 0.1) is 0 Å². The topological polar surface area (TPSA) is 44.1 Å². The molecule has 0 aliphatic carbocycles. The minimum Gasteiger partial charge on any atom is -0.458 e. The lowest BCUT2D eigenvalue weighted by molar-refractivity contribution is 0.0365. The molecule has 0 aliphatic heterocycles. The van der Waals surface area contributed by atoms with Gasteiger partial charge in [-0.05, 0) is 13.8 Å². The minimum absolute atomic E-state index is 0.138. The molecule has 1 aromatic rings. The zero-order chi connectivity index (χ0) is 10.0. The van der Waals surface area contributed by atoms with E-state index in [2.05, 4.69) is 5.10 Å². The Labute approximate surface area is 81.4 Å². The Morgan fingerprint density at radius 1 is 1.69 bits per heavy atom. The second-order valence-electron chi connectivity index (χ2n) is 2.93. The first kappa shape index (κ1) is 10.1. The molecule has 5 heteroatoms.